The third-order valence-corrected chi connectivity index (χ3v) is 3.41. The van der Waals surface area contributed by atoms with Crippen molar-refractivity contribution in [1.82, 2.24) is 20.3 Å². The van der Waals surface area contributed by atoms with Gasteiger partial charge in [-0.1, -0.05) is 11.3 Å². The van der Waals surface area contributed by atoms with Crippen molar-refractivity contribution in [2.75, 3.05) is 0 Å². The van der Waals surface area contributed by atoms with Crippen LogP contribution in [0.3, 0.4) is 0 Å². The minimum atomic E-state index is -0.906. The third kappa shape index (κ3) is 3.74. The lowest BCUT2D eigenvalue weighted by Gasteiger charge is -2.19. The Morgan fingerprint density at radius 1 is 1.50 bits per heavy atom. The van der Waals surface area contributed by atoms with Crippen LogP contribution in [0, 0.1) is 0 Å². The second kappa shape index (κ2) is 6.25. The number of alkyl carbamates (subject to hydrolysis) is 1. The van der Waals surface area contributed by atoms with Crippen LogP contribution in [-0.2, 0) is 22.5 Å². The number of nitrogens with one attached hydrogen (secondary N) is 1. The number of hydrogen-bond donors (Lipinski definition) is 2. The van der Waals surface area contributed by atoms with Gasteiger partial charge in [0.25, 0.3) is 0 Å². The van der Waals surface area contributed by atoms with E-state index in [1.165, 1.54) is 0 Å². The molecule has 1 aliphatic rings. The monoisotopic (exact) mass is 330 g/mol. The van der Waals surface area contributed by atoms with E-state index < -0.39 is 18.8 Å². The van der Waals surface area contributed by atoms with Gasteiger partial charge < -0.3 is 19.7 Å². The predicted octanol–water partition coefficient (Wildman–Crippen LogP) is 0.510. The molecule has 0 fully saturated rings. The molecule has 0 saturated heterocycles. The van der Waals surface area contributed by atoms with Crippen LogP contribution < -0.4 is 10.8 Å². The van der Waals surface area contributed by atoms with Crippen molar-refractivity contribution in [3.05, 3.63) is 35.7 Å². The molecule has 8 nitrogen and oxygen atoms in total. The summed E-state index contributed by atoms with van der Waals surface area (Å²) in [6.45, 7) is 6.02. The Bertz CT molecular complexity index is 756. The number of nitrogens with zero attached hydrogens (tertiary/aromatic N) is 3. The summed E-state index contributed by atoms with van der Waals surface area (Å²) in [5.41, 5.74) is 2.50. The van der Waals surface area contributed by atoms with Gasteiger partial charge in [0.15, 0.2) is 0 Å². The Labute approximate surface area is 139 Å². The van der Waals surface area contributed by atoms with Crippen LogP contribution in [-0.4, -0.2) is 38.8 Å². The summed E-state index contributed by atoms with van der Waals surface area (Å²) in [4.78, 5) is 11.6. The fourth-order valence-electron chi connectivity index (χ4n) is 2.33. The van der Waals surface area contributed by atoms with E-state index in [-0.39, 0.29) is 6.54 Å². The standard InChI is InChI=1S/C15H19BN4O4/c1-15(2,3)24-14(21)17-7-11-8-20(19-18-11)12-5-4-10-9-23-16(22)13(10)6-12/h4-6,8,22H,7,9H2,1-3H3,(H,17,21). The predicted molar refractivity (Wildman–Crippen MR) is 86.8 cm³/mol. The van der Waals surface area contributed by atoms with Crippen LogP contribution in [0.4, 0.5) is 4.79 Å². The molecule has 3 rings (SSSR count). The first kappa shape index (κ1) is 16.5. The fraction of sp³-hybridized carbons (Fsp3) is 0.400. The van der Waals surface area contributed by atoms with Gasteiger partial charge in [0.1, 0.15) is 11.3 Å². The van der Waals surface area contributed by atoms with Crippen LogP contribution >= 0.6 is 0 Å². The number of benzene rings is 1. The molecule has 0 unspecified atom stereocenters. The summed E-state index contributed by atoms with van der Waals surface area (Å²) >= 11 is 0. The minimum Gasteiger partial charge on any atom is -0.444 e. The molecular formula is C15H19BN4O4. The number of aromatic nitrogens is 3. The van der Waals surface area contributed by atoms with E-state index >= 15 is 0 Å². The highest BCUT2D eigenvalue weighted by Gasteiger charge is 2.27. The van der Waals surface area contributed by atoms with Gasteiger partial charge >= 0.3 is 13.2 Å². The van der Waals surface area contributed by atoms with Crippen molar-refractivity contribution in [3.8, 4) is 5.69 Å². The maximum atomic E-state index is 11.6. The number of amides is 1. The largest absolute Gasteiger partial charge is 0.491 e. The van der Waals surface area contributed by atoms with Crippen LogP contribution in [0.5, 0.6) is 0 Å². The summed E-state index contributed by atoms with van der Waals surface area (Å²) in [6, 6.07) is 5.58. The topological polar surface area (TPSA) is 98.5 Å². The van der Waals surface area contributed by atoms with E-state index in [0.29, 0.717) is 12.3 Å². The summed E-state index contributed by atoms with van der Waals surface area (Å²) in [5.74, 6) is 0. The van der Waals surface area contributed by atoms with Crippen molar-refractivity contribution in [2.24, 2.45) is 0 Å². The highest BCUT2D eigenvalue weighted by Crippen LogP contribution is 2.14. The second-order valence-corrected chi connectivity index (χ2v) is 6.56. The molecule has 0 radical (unpaired) electrons. The molecule has 1 aromatic heterocycles. The number of fused-ring (bicyclic) bond motifs is 1. The lowest BCUT2D eigenvalue weighted by atomic mass is 9.79. The summed E-state index contributed by atoms with van der Waals surface area (Å²) in [5, 5.41) is 20.5. The number of hydrogen-bond acceptors (Lipinski definition) is 6. The van der Waals surface area contributed by atoms with Gasteiger partial charge in [0.05, 0.1) is 25.0 Å². The molecule has 9 heteroatoms. The summed E-state index contributed by atoms with van der Waals surface area (Å²) in [7, 11) is -0.906. The number of rotatable bonds is 3. The summed E-state index contributed by atoms with van der Waals surface area (Å²) in [6.07, 6.45) is 1.20. The first-order valence-electron chi connectivity index (χ1n) is 7.63. The molecule has 0 aliphatic carbocycles. The Balaban J connectivity index is 1.66. The molecule has 2 heterocycles. The Morgan fingerprint density at radius 2 is 2.29 bits per heavy atom. The maximum absolute atomic E-state index is 11.6. The molecule has 0 bridgehead atoms. The van der Waals surface area contributed by atoms with Gasteiger partial charge in [0, 0.05) is 0 Å². The molecule has 24 heavy (non-hydrogen) atoms. The van der Waals surface area contributed by atoms with E-state index in [0.717, 1.165) is 16.7 Å². The van der Waals surface area contributed by atoms with Crippen molar-refractivity contribution in [2.45, 2.75) is 39.5 Å². The molecule has 126 valence electrons. The SMILES string of the molecule is CC(C)(C)OC(=O)NCc1cn(-c2ccc3c(c2)B(O)OC3)nn1. The van der Waals surface area contributed by atoms with Crippen LogP contribution in [0.25, 0.3) is 5.69 Å². The fourth-order valence-corrected chi connectivity index (χ4v) is 2.33. The first-order valence-corrected chi connectivity index (χ1v) is 7.63. The zero-order valence-corrected chi connectivity index (χ0v) is 13.8. The Kier molecular flexibility index (Phi) is 4.29. The molecule has 1 amide bonds. The van der Waals surface area contributed by atoms with Gasteiger partial charge in [-0.25, -0.2) is 9.48 Å². The van der Waals surface area contributed by atoms with Crippen LogP contribution in [0.15, 0.2) is 24.4 Å². The third-order valence-electron chi connectivity index (χ3n) is 3.41. The van der Waals surface area contributed by atoms with Gasteiger partial charge in [-0.3, -0.25) is 0 Å². The van der Waals surface area contributed by atoms with Gasteiger partial charge in [-0.15, -0.1) is 5.10 Å². The quantitative estimate of drug-likeness (QED) is 0.796. The van der Waals surface area contributed by atoms with Gasteiger partial charge in [0.2, 0.25) is 0 Å². The number of carbonyl (C=O) groups excluding carboxylic acids is 1. The van der Waals surface area contributed by atoms with E-state index in [9.17, 15) is 9.82 Å². The smallest absolute Gasteiger partial charge is 0.444 e. The molecule has 1 aliphatic heterocycles. The average molecular weight is 330 g/mol. The van der Waals surface area contributed by atoms with Crippen LogP contribution in [0.2, 0.25) is 0 Å². The van der Waals surface area contributed by atoms with Crippen molar-refractivity contribution in [3.63, 3.8) is 0 Å². The molecular weight excluding hydrogens is 311 g/mol. The van der Waals surface area contributed by atoms with Crippen LogP contribution in [0.1, 0.15) is 32.0 Å². The van der Waals surface area contributed by atoms with E-state index in [1.807, 2.05) is 18.2 Å². The van der Waals surface area contributed by atoms with E-state index in [4.69, 9.17) is 9.39 Å². The zero-order chi connectivity index (χ0) is 17.3. The van der Waals surface area contributed by atoms with Crippen molar-refractivity contribution in [1.29, 1.82) is 0 Å². The Morgan fingerprint density at radius 3 is 3.04 bits per heavy atom. The maximum Gasteiger partial charge on any atom is 0.491 e. The van der Waals surface area contributed by atoms with E-state index in [1.54, 1.807) is 31.6 Å². The molecule has 2 N–H and O–H groups in total. The Hall–Kier alpha value is -2.39. The molecule has 2 aromatic rings. The van der Waals surface area contributed by atoms with E-state index in [2.05, 4.69) is 15.6 Å². The second-order valence-electron chi connectivity index (χ2n) is 6.56. The molecule has 0 spiro atoms. The number of carbonyl (C=O) groups is 1. The molecule has 0 saturated carbocycles. The average Bonchev–Trinajstić information content (AvgIpc) is 3.11. The molecule has 0 atom stereocenters. The zero-order valence-electron chi connectivity index (χ0n) is 13.8. The highest BCUT2D eigenvalue weighted by atomic mass is 16.6. The van der Waals surface area contributed by atoms with Crippen molar-refractivity contribution < 1.29 is 19.2 Å². The van der Waals surface area contributed by atoms with Gasteiger partial charge in [-0.05, 0) is 43.9 Å². The lowest BCUT2D eigenvalue weighted by Crippen LogP contribution is -2.32. The normalized spacial score (nSPS) is 13.8. The highest BCUT2D eigenvalue weighted by molar-refractivity contribution is 6.61. The van der Waals surface area contributed by atoms with Crippen molar-refractivity contribution >= 4 is 18.7 Å². The number of ether oxygens (including phenoxy) is 1. The van der Waals surface area contributed by atoms with Gasteiger partial charge in [-0.2, -0.15) is 0 Å². The minimum absolute atomic E-state index is 0.214. The summed E-state index contributed by atoms with van der Waals surface area (Å²) < 4.78 is 11.9. The lowest BCUT2D eigenvalue weighted by molar-refractivity contribution is 0.0523. The molecule has 1 aromatic carbocycles. The first-order chi connectivity index (χ1) is 11.3.